The lowest BCUT2D eigenvalue weighted by Gasteiger charge is -2.28. The number of aliphatic imine (C=N–C) groups is 1. The molecule has 1 aromatic carbocycles. The average Bonchev–Trinajstić information content (AvgIpc) is 2.45. The minimum absolute atomic E-state index is 0.316. The van der Waals surface area contributed by atoms with E-state index in [1.807, 2.05) is 51.1 Å². The molecule has 0 heterocycles. The third kappa shape index (κ3) is 6.13. The summed E-state index contributed by atoms with van der Waals surface area (Å²) in [5.41, 5.74) is -0.499. The fourth-order valence-electron chi connectivity index (χ4n) is 1.90. The highest BCUT2D eigenvalue weighted by Gasteiger charge is 2.35. The first-order valence-electron chi connectivity index (χ1n) is 7.54. The van der Waals surface area contributed by atoms with Crippen LogP contribution in [0.3, 0.4) is 0 Å². The molecule has 0 aliphatic heterocycles. The second-order valence-corrected chi connectivity index (χ2v) is 6.50. The van der Waals surface area contributed by atoms with Crippen molar-refractivity contribution in [3.05, 3.63) is 35.9 Å². The molecule has 0 spiro atoms. The van der Waals surface area contributed by atoms with Crippen LogP contribution < -0.4 is 0 Å². The smallest absolute Gasteiger partial charge is 0.334 e. The van der Waals surface area contributed by atoms with Gasteiger partial charge in [0.15, 0.2) is 5.54 Å². The van der Waals surface area contributed by atoms with E-state index in [1.54, 1.807) is 13.1 Å². The number of ether oxygens (including phenoxy) is 1. The predicted molar refractivity (Wildman–Crippen MR) is 91.0 cm³/mol. The first-order chi connectivity index (χ1) is 10.3. The van der Waals surface area contributed by atoms with E-state index in [9.17, 15) is 4.79 Å². The second kappa shape index (κ2) is 7.79. The zero-order valence-corrected chi connectivity index (χ0v) is 13.9. The Bertz CT molecular complexity index is 549. The van der Waals surface area contributed by atoms with E-state index in [0.29, 0.717) is 12.8 Å². The molecule has 0 fully saturated rings. The summed E-state index contributed by atoms with van der Waals surface area (Å²) in [6.45, 7) is 7.37. The van der Waals surface area contributed by atoms with E-state index in [0.717, 1.165) is 12.0 Å². The average molecular weight is 299 g/mol. The summed E-state index contributed by atoms with van der Waals surface area (Å²) in [4.78, 5) is 17.0. The lowest BCUT2D eigenvalue weighted by atomic mass is 9.95. The van der Waals surface area contributed by atoms with Crippen LogP contribution in [0.1, 0.15) is 52.5 Å². The molecule has 0 bridgehead atoms. The summed E-state index contributed by atoms with van der Waals surface area (Å²) in [6, 6.07) is 9.70. The topological polar surface area (TPSA) is 38.7 Å². The fraction of sp³-hybridized carbons (Fsp3) is 0.474. The van der Waals surface area contributed by atoms with Gasteiger partial charge in [-0.15, -0.1) is 12.3 Å². The molecule has 0 aliphatic rings. The van der Waals surface area contributed by atoms with Crippen molar-refractivity contribution in [2.45, 2.75) is 58.1 Å². The Labute approximate surface area is 133 Å². The Morgan fingerprint density at radius 3 is 2.45 bits per heavy atom. The zero-order chi connectivity index (χ0) is 16.6. The van der Waals surface area contributed by atoms with Gasteiger partial charge in [0.1, 0.15) is 5.60 Å². The summed E-state index contributed by atoms with van der Waals surface area (Å²) in [5.74, 6) is 2.28. The van der Waals surface area contributed by atoms with Gasteiger partial charge in [0.2, 0.25) is 0 Å². The van der Waals surface area contributed by atoms with Crippen molar-refractivity contribution >= 4 is 12.2 Å². The fourth-order valence-corrected chi connectivity index (χ4v) is 1.90. The lowest BCUT2D eigenvalue weighted by molar-refractivity contribution is -0.161. The molecule has 1 rings (SSSR count). The van der Waals surface area contributed by atoms with Crippen molar-refractivity contribution in [2.24, 2.45) is 4.99 Å². The molecule has 1 atom stereocenters. The molecule has 1 unspecified atom stereocenters. The van der Waals surface area contributed by atoms with E-state index in [4.69, 9.17) is 11.2 Å². The molecule has 0 saturated carbocycles. The normalized spacial score (nSPS) is 14.3. The van der Waals surface area contributed by atoms with Crippen LogP contribution in [-0.4, -0.2) is 23.3 Å². The van der Waals surface area contributed by atoms with Gasteiger partial charge < -0.3 is 4.74 Å². The van der Waals surface area contributed by atoms with Crippen LogP contribution in [0.25, 0.3) is 0 Å². The molecule has 0 N–H and O–H groups in total. The number of unbranched alkanes of at least 4 members (excludes halogenated alkanes) is 1. The van der Waals surface area contributed by atoms with Crippen molar-refractivity contribution in [2.75, 3.05) is 0 Å². The predicted octanol–water partition coefficient (Wildman–Crippen LogP) is 4.01. The number of carbonyl (C=O) groups excluding carboxylic acids is 1. The highest BCUT2D eigenvalue weighted by molar-refractivity contribution is 5.86. The maximum Gasteiger partial charge on any atom is 0.334 e. The van der Waals surface area contributed by atoms with Gasteiger partial charge >= 0.3 is 5.97 Å². The molecular formula is C19H25NO2. The molecule has 0 amide bonds. The Kier molecular flexibility index (Phi) is 6.37. The van der Waals surface area contributed by atoms with E-state index in [2.05, 4.69) is 10.9 Å². The van der Waals surface area contributed by atoms with Gasteiger partial charge in [-0.2, -0.15) is 0 Å². The Balaban J connectivity index is 2.93. The molecule has 3 nitrogen and oxygen atoms in total. The number of terminal acetylenes is 1. The van der Waals surface area contributed by atoms with Crippen LogP contribution in [0.15, 0.2) is 35.3 Å². The van der Waals surface area contributed by atoms with E-state index < -0.39 is 11.1 Å². The quantitative estimate of drug-likeness (QED) is 0.344. The van der Waals surface area contributed by atoms with Crippen molar-refractivity contribution in [1.82, 2.24) is 0 Å². The summed E-state index contributed by atoms with van der Waals surface area (Å²) >= 11 is 0. The van der Waals surface area contributed by atoms with Gasteiger partial charge in [-0.3, -0.25) is 4.99 Å². The summed E-state index contributed by atoms with van der Waals surface area (Å²) in [7, 11) is 0. The van der Waals surface area contributed by atoms with Gasteiger partial charge in [-0.25, -0.2) is 4.79 Å². The van der Waals surface area contributed by atoms with Gasteiger partial charge in [-0.05, 0) is 46.1 Å². The lowest BCUT2D eigenvalue weighted by Crippen LogP contribution is -2.40. The number of esters is 1. The minimum atomic E-state index is -0.917. The largest absolute Gasteiger partial charge is 0.458 e. The molecule has 1 aromatic rings. The first-order valence-corrected chi connectivity index (χ1v) is 7.54. The maximum atomic E-state index is 12.5. The number of carbonyl (C=O) groups is 1. The number of nitrogens with zero attached hydrogens (tertiary/aromatic N) is 1. The molecule has 22 heavy (non-hydrogen) atoms. The van der Waals surface area contributed by atoms with Crippen LogP contribution in [0.4, 0.5) is 0 Å². The molecular weight excluding hydrogens is 274 g/mol. The van der Waals surface area contributed by atoms with Crippen LogP contribution in [0.5, 0.6) is 0 Å². The molecule has 0 aliphatic carbocycles. The standard InChI is InChI=1S/C19H25NO2/c1-6-7-11-14-19(5,17(21)22-18(2,3)4)20-15-16-12-9-8-10-13-16/h1,8-10,12-13,15H,7,11,14H2,2-5H3. The van der Waals surface area contributed by atoms with Crippen LogP contribution >= 0.6 is 0 Å². The van der Waals surface area contributed by atoms with Crippen LogP contribution in [0, 0.1) is 12.3 Å². The van der Waals surface area contributed by atoms with Crippen molar-refractivity contribution < 1.29 is 9.53 Å². The van der Waals surface area contributed by atoms with E-state index >= 15 is 0 Å². The van der Waals surface area contributed by atoms with E-state index in [-0.39, 0.29) is 5.97 Å². The SMILES string of the molecule is C#CCCCC(C)(N=Cc1ccccc1)C(=O)OC(C)(C)C. The Morgan fingerprint density at radius 2 is 1.91 bits per heavy atom. The van der Waals surface area contributed by atoms with E-state index in [1.165, 1.54) is 0 Å². The highest BCUT2D eigenvalue weighted by atomic mass is 16.6. The van der Waals surface area contributed by atoms with Crippen molar-refractivity contribution in [1.29, 1.82) is 0 Å². The highest BCUT2D eigenvalue weighted by Crippen LogP contribution is 2.24. The number of benzene rings is 1. The minimum Gasteiger partial charge on any atom is -0.458 e. The van der Waals surface area contributed by atoms with Crippen LogP contribution in [0.2, 0.25) is 0 Å². The molecule has 3 heteroatoms. The third-order valence-corrected chi connectivity index (χ3v) is 3.12. The molecule has 0 radical (unpaired) electrons. The molecule has 0 aromatic heterocycles. The van der Waals surface area contributed by atoms with Gasteiger partial charge in [0.05, 0.1) is 0 Å². The monoisotopic (exact) mass is 299 g/mol. The van der Waals surface area contributed by atoms with Gasteiger partial charge in [-0.1, -0.05) is 30.3 Å². The molecule has 0 saturated heterocycles. The van der Waals surface area contributed by atoms with Crippen LogP contribution in [-0.2, 0) is 9.53 Å². The number of hydrogen-bond acceptors (Lipinski definition) is 3. The van der Waals surface area contributed by atoms with Crippen molar-refractivity contribution in [3.8, 4) is 12.3 Å². The molecule has 118 valence electrons. The van der Waals surface area contributed by atoms with Gasteiger partial charge in [0.25, 0.3) is 0 Å². The Hall–Kier alpha value is -2.08. The first kappa shape index (κ1) is 18.0. The Morgan fingerprint density at radius 1 is 1.27 bits per heavy atom. The number of rotatable bonds is 6. The number of hydrogen-bond donors (Lipinski definition) is 0. The summed E-state index contributed by atoms with van der Waals surface area (Å²) in [6.07, 6.45) is 8.94. The third-order valence-electron chi connectivity index (χ3n) is 3.12. The van der Waals surface area contributed by atoms with Crippen molar-refractivity contribution in [3.63, 3.8) is 0 Å². The second-order valence-electron chi connectivity index (χ2n) is 6.50. The summed E-state index contributed by atoms with van der Waals surface area (Å²) < 4.78 is 5.52. The maximum absolute atomic E-state index is 12.5. The van der Waals surface area contributed by atoms with Gasteiger partial charge in [0, 0.05) is 12.6 Å². The zero-order valence-electron chi connectivity index (χ0n) is 13.9. The summed E-state index contributed by atoms with van der Waals surface area (Å²) in [5, 5.41) is 0.